The SMILES string of the molecule is COCC(CNc1ccccc1S(=O)(=O)C(F)(F)F)OC. The fourth-order valence-corrected chi connectivity index (χ4v) is 2.53. The van der Waals surface area contributed by atoms with Crippen LogP contribution in [-0.2, 0) is 19.3 Å². The summed E-state index contributed by atoms with van der Waals surface area (Å²) < 4.78 is 70.8. The van der Waals surface area contributed by atoms with Crippen LogP contribution in [0.15, 0.2) is 29.2 Å². The Bertz CT molecular complexity index is 560. The summed E-state index contributed by atoms with van der Waals surface area (Å²) in [5.41, 5.74) is -5.48. The topological polar surface area (TPSA) is 64.6 Å². The first kappa shape index (κ1) is 17.7. The lowest BCUT2D eigenvalue weighted by atomic mass is 10.3. The van der Waals surface area contributed by atoms with Crippen molar-refractivity contribution < 1.29 is 31.1 Å². The van der Waals surface area contributed by atoms with Crippen LogP contribution < -0.4 is 5.32 Å². The zero-order valence-corrected chi connectivity index (χ0v) is 12.3. The highest BCUT2D eigenvalue weighted by atomic mass is 32.2. The van der Waals surface area contributed by atoms with Crippen molar-refractivity contribution in [1.82, 2.24) is 0 Å². The maximum absolute atomic E-state index is 12.6. The van der Waals surface area contributed by atoms with Crippen LogP contribution >= 0.6 is 0 Å². The van der Waals surface area contributed by atoms with Gasteiger partial charge >= 0.3 is 5.51 Å². The highest BCUT2D eigenvalue weighted by Gasteiger charge is 2.47. The molecule has 0 aliphatic carbocycles. The molecule has 1 atom stereocenters. The molecule has 5 nitrogen and oxygen atoms in total. The molecule has 0 spiro atoms. The Morgan fingerprint density at radius 2 is 1.86 bits per heavy atom. The molecular formula is C12H16F3NO4S. The molecule has 1 N–H and O–H groups in total. The van der Waals surface area contributed by atoms with E-state index in [1.54, 1.807) is 0 Å². The van der Waals surface area contributed by atoms with Crippen molar-refractivity contribution in [2.45, 2.75) is 16.5 Å². The summed E-state index contributed by atoms with van der Waals surface area (Å²) in [5, 5.41) is 2.64. The van der Waals surface area contributed by atoms with Gasteiger partial charge in [0.15, 0.2) is 0 Å². The first-order valence-corrected chi connectivity index (χ1v) is 7.38. The third-order valence-electron chi connectivity index (χ3n) is 2.69. The summed E-state index contributed by atoms with van der Waals surface area (Å²) in [6.45, 7) is 0.326. The Kier molecular flexibility index (Phi) is 5.99. The number of rotatable bonds is 7. The number of ether oxygens (including phenoxy) is 2. The third kappa shape index (κ3) is 4.32. The minimum Gasteiger partial charge on any atom is -0.382 e. The summed E-state index contributed by atoms with van der Waals surface area (Å²) >= 11 is 0. The molecule has 9 heteroatoms. The molecule has 0 radical (unpaired) electrons. The summed E-state index contributed by atoms with van der Waals surface area (Å²) in [7, 11) is -2.54. The van der Waals surface area contributed by atoms with Gasteiger partial charge in [0.2, 0.25) is 0 Å². The van der Waals surface area contributed by atoms with Crippen LogP contribution in [0.25, 0.3) is 0 Å². The van der Waals surface area contributed by atoms with E-state index in [9.17, 15) is 21.6 Å². The lowest BCUT2D eigenvalue weighted by Gasteiger charge is -2.18. The Labute approximate surface area is 121 Å². The van der Waals surface area contributed by atoms with E-state index in [0.29, 0.717) is 0 Å². The van der Waals surface area contributed by atoms with Gasteiger partial charge in [0.25, 0.3) is 9.84 Å². The second-order valence-corrected chi connectivity index (χ2v) is 6.05. The average Bonchev–Trinajstić information content (AvgIpc) is 2.42. The Balaban J connectivity index is 3.01. The number of hydrogen-bond acceptors (Lipinski definition) is 5. The maximum atomic E-state index is 12.6. The minimum absolute atomic E-state index is 0.106. The summed E-state index contributed by atoms with van der Waals surface area (Å²) in [6.07, 6.45) is -0.420. The van der Waals surface area contributed by atoms with Gasteiger partial charge in [0, 0.05) is 20.8 Å². The van der Waals surface area contributed by atoms with Crippen LogP contribution in [0.4, 0.5) is 18.9 Å². The molecule has 21 heavy (non-hydrogen) atoms. The van der Waals surface area contributed by atoms with Gasteiger partial charge in [-0.1, -0.05) is 12.1 Å². The number of para-hydroxylation sites is 1. The third-order valence-corrected chi connectivity index (χ3v) is 4.23. The number of anilines is 1. The van der Waals surface area contributed by atoms with E-state index in [2.05, 4.69) is 5.32 Å². The molecule has 0 aromatic heterocycles. The van der Waals surface area contributed by atoms with Crippen LogP contribution in [0.1, 0.15) is 0 Å². The van der Waals surface area contributed by atoms with Crippen molar-refractivity contribution in [3.63, 3.8) is 0 Å². The minimum atomic E-state index is -5.41. The molecule has 1 aromatic rings. The normalized spacial score (nSPS) is 14.0. The number of methoxy groups -OCH3 is 2. The van der Waals surface area contributed by atoms with Gasteiger partial charge in [-0.3, -0.25) is 0 Å². The number of hydrogen-bond donors (Lipinski definition) is 1. The van der Waals surface area contributed by atoms with E-state index in [0.717, 1.165) is 6.07 Å². The molecule has 1 rings (SSSR count). The first-order chi connectivity index (χ1) is 9.74. The van der Waals surface area contributed by atoms with Crippen molar-refractivity contribution in [2.75, 3.05) is 32.7 Å². The fourth-order valence-electron chi connectivity index (χ4n) is 1.59. The molecule has 1 aromatic carbocycles. The number of benzene rings is 1. The number of alkyl halides is 3. The second kappa shape index (κ2) is 7.10. The van der Waals surface area contributed by atoms with Crippen LogP contribution in [0.3, 0.4) is 0 Å². The van der Waals surface area contributed by atoms with E-state index in [4.69, 9.17) is 9.47 Å². The van der Waals surface area contributed by atoms with Crippen LogP contribution in [0.2, 0.25) is 0 Å². The molecule has 0 saturated carbocycles. The summed E-state index contributed by atoms with van der Waals surface area (Å²) in [6, 6.07) is 4.84. The zero-order chi connectivity index (χ0) is 16.1. The predicted octanol–water partition coefficient (Wildman–Crippen LogP) is 2.05. The standard InChI is InChI=1S/C12H16F3NO4S/c1-19-8-9(20-2)7-16-10-5-3-4-6-11(10)21(17,18)12(13,14)15/h3-6,9,16H,7-8H2,1-2H3. The lowest BCUT2D eigenvalue weighted by Crippen LogP contribution is -2.28. The first-order valence-electron chi connectivity index (χ1n) is 5.90. The van der Waals surface area contributed by atoms with Crippen LogP contribution in [-0.4, -0.2) is 47.4 Å². The van der Waals surface area contributed by atoms with Gasteiger partial charge in [0.05, 0.1) is 23.3 Å². The smallest absolute Gasteiger partial charge is 0.382 e. The molecule has 0 aliphatic heterocycles. The van der Waals surface area contributed by atoms with Gasteiger partial charge in [-0.15, -0.1) is 0 Å². The average molecular weight is 327 g/mol. The molecule has 0 saturated heterocycles. The van der Waals surface area contributed by atoms with Crippen molar-refractivity contribution in [1.29, 1.82) is 0 Å². The largest absolute Gasteiger partial charge is 0.501 e. The van der Waals surface area contributed by atoms with E-state index < -0.39 is 26.3 Å². The molecule has 0 amide bonds. The van der Waals surface area contributed by atoms with E-state index in [1.165, 1.54) is 32.4 Å². The van der Waals surface area contributed by atoms with Gasteiger partial charge in [-0.2, -0.15) is 13.2 Å². The van der Waals surface area contributed by atoms with Crippen molar-refractivity contribution in [2.24, 2.45) is 0 Å². The number of nitrogens with one attached hydrogen (secondary N) is 1. The van der Waals surface area contributed by atoms with Gasteiger partial charge in [0.1, 0.15) is 0 Å². The van der Waals surface area contributed by atoms with Crippen LogP contribution in [0, 0.1) is 0 Å². The maximum Gasteiger partial charge on any atom is 0.501 e. The van der Waals surface area contributed by atoms with Gasteiger partial charge in [-0.25, -0.2) is 8.42 Å². The van der Waals surface area contributed by atoms with E-state index in [1.807, 2.05) is 0 Å². The monoisotopic (exact) mass is 327 g/mol. The van der Waals surface area contributed by atoms with Gasteiger partial charge in [-0.05, 0) is 12.1 Å². The second-order valence-electron chi connectivity index (χ2n) is 4.14. The highest BCUT2D eigenvalue weighted by Crippen LogP contribution is 2.34. The fraction of sp³-hybridized carbons (Fsp3) is 0.500. The number of halogens is 3. The molecule has 120 valence electrons. The summed E-state index contributed by atoms with van der Waals surface area (Å²) in [4.78, 5) is -0.815. The quantitative estimate of drug-likeness (QED) is 0.830. The molecular weight excluding hydrogens is 311 g/mol. The molecule has 0 bridgehead atoms. The lowest BCUT2D eigenvalue weighted by molar-refractivity contribution is -0.0435. The van der Waals surface area contributed by atoms with Crippen molar-refractivity contribution in [3.05, 3.63) is 24.3 Å². The highest BCUT2D eigenvalue weighted by molar-refractivity contribution is 7.92. The van der Waals surface area contributed by atoms with E-state index >= 15 is 0 Å². The van der Waals surface area contributed by atoms with Crippen molar-refractivity contribution >= 4 is 15.5 Å². The Morgan fingerprint density at radius 3 is 2.38 bits per heavy atom. The Hall–Kier alpha value is -1.32. The van der Waals surface area contributed by atoms with Crippen LogP contribution in [0.5, 0.6) is 0 Å². The molecule has 0 aliphatic rings. The predicted molar refractivity (Wildman–Crippen MR) is 70.8 cm³/mol. The Morgan fingerprint density at radius 1 is 1.24 bits per heavy atom. The molecule has 0 fully saturated rings. The molecule has 1 unspecified atom stereocenters. The van der Waals surface area contributed by atoms with Gasteiger partial charge < -0.3 is 14.8 Å². The zero-order valence-electron chi connectivity index (χ0n) is 11.5. The van der Waals surface area contributed by atoms with Crippen molar-refractivity contribution in [3.8, 4) is 0 Å². The van der Waals surface area contributed by atoms with E-state index in [-0.39, 0.29) is 18.8 Å². The number of sulfone groups is 1. The summed E-state index contributed by atoms with van der Waals surface area (Å²) in [5.74, 6) is 0. The molecule has 0 heterocycles.